The molecule has 4 rings (SSSR count). The van der Waals surface area contributed by atoms with Crippen molar-refractivity contribution in [1.82, 2.24) is 15.2 Å². The van der Waals surface area contributed by atoms with Gasteiger partial charge in [0.25, 0.3) is 11.8 Å². The maximum absolute atomic E-state index is 13.6. The summed E-state index contributed by atoms with van der Waals surface area (Å²) in [6, 6.07) is 8.72. The van der Waals surface area contributed by atoms with Gasteiger partial charge in [0, 0.05) is 68.0 Å². The summed E-state index contributed by atoms with van der Waals surface area (Å²) in [4.78, 5) is 19.5. The second-order valence-electron chi connectivity index (χ2n) is 8.82. The van der Waals surface area contributed by atoms with E-state index in [9.17, 15) is 13.6 Å². The van der Waals surface area contributed by atoms with Crippen LogP contribution in [0.2, 0.25) is 0 Å². The summed E-state index contributed by atoms with van der Waals surface area (Å²) in [6.45, 7) is 1.42. The van der Waals surface area contributed by atoms with Crippen LogP contribution in [-0.4, -0.2) is 60.1 Å². The molecule has 1 atom stereocenters. The Morgan fingerprint density at radius 1 is 1.27 bits per heavy atom. The number of rotatable bonds is 9. The predicted octanol–water partition coefficient (Wildman–Crippen LogP) is 3.38. The van der Waals surface area contributed by atoms with Crippen LogP contribution in [-0.2, 0) is 0 Å². The number of aromatic nitrogens is 1. The molecule has 0 spiro atoms. The van der Waals surface area contributed by atoms with Crippen LogP contribution >= 0.6 is 0 Å². The summed E-state index contributed by atoms with van der Waals surface area (Å²) in [5.41, 5.74) is 7.37. The van der Waals surface area contributed by atoms with Crippen molar-refractivity contribution in [2.24, 2.45) is 11.7 Å². The molecule has 2 aromatic rings. The van der Waals surface area contributed by atoms with E-state index in [1.807, 2.05) is 23.1 Å². The number of hydrogen-bond acceptors (Lipinski definition) is 6. The van der Waals surface area contributed by atoms with Crippen molar-refractivity contribution in [2.75, 3.05) is 31.5 Å². The van der Waals surface area contributed by atoms with Crippen LogP contribution in [0.1, 0.15) is 36.0 Å². The van der Waals surface area contributed by atoms with Crippen LogP contribution in [0.15, 0.2) is 42.1 Å². The van der Waals surface area contributed by atoms with Gasteiger partial charge in [0.1, 0.15) is 5.82 Å². The molecule has 1 saturated heterocycles. The van der Waals surface area contributed by atoms with Gasteiger partial charge in [0.15, 0.2) is 0 Å². The number of carbonyl (C=O) groups is 1. The van der Waals surface area contributed by atoms with Crippen LogP contribution in [0.5, 0.6) is 0 Å². The van der Waals surface area contributed by atoms with E-state index in [2.05, 4.69) is 15.6 Å². The molecule has 1 aromatic carbocycles. The molecule has 5 N–H and O–H groups in total. The van der Waals surface area contributed by atoms with Crippen LogP contribution in [0.4, 0.5) is 14.6 Å². The minimum atomic E-state index is -2.68. The van der Waals surface area contributed by atoms with Crippen molar-refractivity contribution in [3.05, 3.63) is 47.7 Å². The minimum absolute atomic E-state index is 0.160. The van der Waals surface area contributed by atoms with E-state index in [4.69, 9.17) is 11.1 Å². The van der Waals surface area contributed by atoms with Crippen LogP contribution in [0, 0.1) is 11.3 Å². The molecule has 1 aliphatic carbocycles. The van der Waals surface area contributed by atoms with Crippen molar-refractivity contribution >= 4 is 28.8 Å². The maximum Gasteiger partial charge on any atom is 0.252 e. The van der Waals surface area contributed by atoms with E-state index in [0.29, 0.717) is 11.1 Å². The number of nitrogens with zero attached hydrogens (tertiary/aromatic N) is 2. The largest absolute Gasteiger partial charge is 0.404 e. The number of likely N-dealkylation sites (tertiary alicyclic amines) is 1. The third kappa shape index (κ3) is 5.65. The lowest BCUT2D eigenvalue weighted by atomic mass is 10.0. The number of carbonyl (C=O) groups excluding carboxylic acids is 1. The highest BCUT2D eigenvalue weighted by atomic mass is 19.3. The lowest BCUT2D eigenvalue weighted by Crippen LogP contribution is -2.50. The number of anilines is 1. The fraction of sp³-hybridized carbons (Fsp3) is 0.458. The van der Waals surface area contributed by atoms with Crippen molar-refractivity contribution in [2.45, 2.75) is 37.6 Å². The molecule has 33 heavy (non-hydrogen) atoms. The zero-order chi connectivity index (χ0) is 23.4. The monoisotopic (exact) mass is 456 g/mol. The van der Waals surface area contributed by atoms with E-state index >= 15 is 0 Å². The number of amides is 1. The van der Waals surface area contributed by atoms with Crippen LogP contribution in [0.25, 0.3) is 10.9 Å². The van der Waals surface area contributed by atoms with E-state index in [1.165, 1.54) is 19.0 Å². The van der Waals surface area contributed by atoms with Crippen molar-refractivity contribution in [1.29, 1.82) is 5.41 Å². The van der Waals surface area contributed by atoms with Gasteiger partial charge in [-0.05, 0) is 43.0 Å². The SMILES string of the molecule is N=C/C(=C\N)C(CNC(=O)c1cccc2nc(NCC3CC3)ccc12)N1CCC(F)(F)CC1. The highest BCUT2D eigenvalue weighted by Gasteiger charge is 2.37. The number of fused-ring (bicyclic) bond motifs is 1. The number of piperidine rings is 1. The number of pyridine rings is 1. The highest BCUT2D eigenvalue weighted by molar-refractivity contribution is 6.06. The van der Waals surface area contributed by atoms with E-state index in [0.717, 1.165) is 35.4 Å². The quantitative estimate of drug-likeness (QED) is 0.433. The molecule has 0 bridgehead atoms. The molecular weight excluding hydrogens is 426 g/mol. The van der Waals surface area contributed by atoms with Gasteiger partial charge in [-0.3, -0.25) is 9.69 Å². The zero-order valence-corrected chi connectivity index (χ0v) is 18.5. The Morgan fingerprint density at radius 2 is 2.03 bits per heavy atom. The van der Waals surface area contributed by atoms with Crippen LogP contribution < -0.4 is 16.4 Å². The zero-order valence-electron chi connectivity index (χ0n) is 18.5. The summed E-state index contributed by atoms with van der Waals surface area (Å²) >= 11 is 0. The molecule has 2 heterocycles. The molecule has 1 saturated carbocycles. The van der Waals surface area contributed by atoms with E-state index in [1.54, 1.807) is 12.1 Å². The molecule has 2 fully saturated rings. The van der Waals surface area contributed by atoms with Crippen molar-refractivity contribution < 1.29 is 13.6 Å². The molecule has 9 heteroatoms. The first-order chi connectivity index (χ1) is 15.9. The number of benzene rings is 1. The normalized spacial score (nSPS) is 19.8. The highest BCUT2D eigenvalue weighted by Crippen LogP contribution is 2.30. The molecule has 2 aliphatic rings. The lowest BCUT2D eigenvalue weighted by Gasteiger charge is -2.37. The minimum Gasteiger partial charge on any atom is -0.404 e. The Bertz CT molecular complexity index is 1040. The third-order valence-corrected chi connectivity index (χ3v) is 6.42. The molecule has 7 nitrogen and oxygen atoms in total. The Hall–Kier alpha value is -3.07. The van der Waals surface area contributed by atoms with Gasteiger partial charge in [0.05, 0.1) is 11.6 Å². The average molecular weight is 457 g/mol. The van der Waals surface area contributed by atoms with Gasteiger partial charge < -0.3 is 21.8 Å². The summed E-state index contributed by atoms with van der Waals surface area (Å²) < 4.78 is 27.2. The third-order valence-electron chi connectivity index (χ3n) is 6.42. The molecule has 1 unspecified atom stereocenters. The Kier molecular flexibility index (Phi) is 6.88. The summed E-state index contributed by atoms with van der Waals surface area (Å²) in [7, 11) is 0. The molecule has 1 aromatic heterocycles. The second kappa shape index (κ2) is 9.82. The first kappa shape index (κ1) is 23.1. The molecule has 1 aliphatic heterocycles. The number of hydrogen-bond donors (Lipinski definition) is 4. The van der Waals surface area contributed by atoms with Crippen molar-refractivity contribution in [3.8, 4) is 0 Å². The predicted molar refractivity (Wildman–Crippen MR) is 126 cm³/mol. The number of nitrogens with two attached hydrogens (primary N) is 1. The molecular formula is C24H30F2N6O. The van der Waals surface area contributed by atoms with Gasteiger partial charge >= 0.3 is 0 Å². The fourth-order valence-corrected chi connectivity index (χ4v) is 4.18. The fourth-order valence-electron chi connectivity index (χ4n) is 4.18. The number of nitrogens with one attached hydrogen (secondary N) is 3. The van der Waals surface area contributed by atoms with Gasteiger partial charge in [-0.1, -0.05) is 6.07 Å². The standard InChI is InChI=1S/C24H30F2N6O/c25-24(26)8-10-32(11-9-24)21(17(12-27)13-28)15-30-23(33)19-2-1-3-20-18(19)6-7-22(31-20)29-14-16-4-5-16/h1-3,6-7,12-13,16,21,27H,4-5,8-11,14-15,28H2,(H,29,31)(H,30,33)/b17-13+,27-12?. The summed E-state index contributed by atoms with van der Waals surface area (Å²) in [6.07, 6.45) is 4.42. The number of alkyl halides is 2. The Morgan fingerprint density at radius 3 is 2.70 bits per heavy atom. The van der Waals surface area contributed by atoms with Gasteiger partial charge in [-0.25, -0.2) is 13.8 Å². The van der Waals surface area contributed by atoms with E-state index < -0.39 is 12.0 Å². The topological polar surface area (TPSA) is 107 Å². The Labute approximate surface area is 191 Å². The maximum atomic E-state index is 13.6. The molecule has 176 valence electrons. The van der Waals surface area contributed by atoms with Gasteiger partial charge in [-0.2, -0.15) is 0 Å². The van der Waals surface area contributed by atoms with Gasteiger partial charge in [-0.15, -0.1) is 0 Å². The second-order valence-corrected chi connectivity index (χ2v) is 8.82. The first-order valence-electron chi connectivity index (χ1n) is 11.4. The average Bonchev–Trinajstić information content (AvgIpc) is 3.64. The Balaban J connectivity index is 1.46. The summed E-state index contributed by atoms with van der Waals surface area (Å²) in [5, 5.41) is 14.6. The van der Waals surface area contributed by atoms with Crippen molar-refractivity contribution in [3.63, 3.8) is 0 Å². The van der Waals surface area contributed by atoms with Crippen LogP contribution in [0.3, 0.4) is 0 Å². The lowest BCUT2D eigenvalue weighted by molar-refractivity contribution is -0.0598. The number of halogens is 2. The summed E-state index contributed by atoms with van der Waals surface area (Å²) in [5.74, 6) is -1.44. The van der Waals surface area contributed by atoms with Gasteiger partial charge in [0.2, 0.25) is 0 Å². The molecule has 1 amide bonds. The van der Waals surface area contributed by atoms with E-state index in [-0.39, 0.29) is 38.4 Å². The molecule has 0 radical (unpaired) electrons. The first-order valence-corrected chi connectivity index (χ1v) is 11.4. The smallest absolute Gasteiger partial charge is 0.252 e.